The van der Waals surface area contributed by atoms with Gasteiger partial charge < -0.3 is 14.5 Å². The molecule has 7 heteroatoms. The Morgan fingerprint density at radius 1 is 1.04 bits per heavy atom. The lowest BCUT2D eigenvalue weighted by atomic mass is 10.1. The van der Waals surface area contributed by atoms with Gasteiger partial charge in [-0.3, -0.25) is 19.3 Å². The van der Waals surface area contributed by atoms with E-state index in [1.165, 1.54) is 5.56 Å². The summed E-state index contributed by atoms with van der Waals surface area (Å²) < 4.78 is 4.91. The molecule has 1 aromatic rings. The predicted molar refractivity (Wildman–Crippen MR) is 104 cm³/mol. The van der Waals surface area contributed by atoms with E-state index in [4.69, 9.17) is 4.74 Å². The van der Waals surface area contributed by atoms with Gasteiger partial charge in [0.1, 0.15) is 12.5 Å². The summed E-state index contributed by atoms with van der Waals surface area (Å²) in [5, 5.41) is 0. The van der Waals surface area contributed by atoms with Gasteiger partial charge in [-0.1, -0.05) is 30.3 Å². The average Bonchev–Trinajstić information content (AvgIpc) is 3.23. The number of nitrogens with zero attached hydrogens (tertiary/aromatic N) is 3. The summed E-state index contributed by atoms with van der Waals surface area (Å²) in [6.45, 7) is 5.78. The first-order valence-electron chi connectivity index (χ1n) is 10.1. The van der Waals surface area contributed by atoms with Crippen molar-refractivity contribution in [3.05, 3.63) is 35.9 Å². The molecule has 2 saturated heterocycles. The molecule has 0 bridgehead atoms. The van der Waals surface area contributed by atoms with Crippen LogP contribution in [0.5, 0.6) is 0 Å². The van der Waals surface area contributed by atoms with Crippen LogP contribution in [0.25, 0.3) is 0 Å². The van der Waals surface area contributed by atoms with Crippen molar-refractivity contribution in [1.82, 2.24) is 14.7 Å². The molecule has 1 atom stereocenters. The first-order chi connectivity index (χ1) is 13.6. The number of amides is 2. The summed E-state index contributed by atoms with van der Waals surface area (Å²) in [5.41, 5.74) is 1.18. The monoisotopic (exact) mass is 387 g/mol. The summed E-state index contributed by atoms with van der Waals surface area (Å²) in [7, 11) is 0. The normalized spacial score (nSPS) is 20.2. The lowest BCUT2D eigenvalue weighted by molar-refractivity contribution is -0.155. The van der Waals surface area contributed by atoms with E-state index in [-0.39, 0.29) is 24.8 Å². The van der Waals surface area contributed by atoms with E-state index < -0.39 is 12.0 Å². The SMILES string of the molecule is CCOC(=O)CC(=O)N1CCN(Cc2ccccc2)CC1C(=O)N1CCCC1. The van der Waals surface area contributed by atoms with E-state index in [1.54, 1.807) is 11.8 Å². The number of rotatable bonds is 6. The van der Waals surface area contributed by atoms with Gasteiger partial charge in [0.2, 0.25) is 11.8 Å². The van der Waals surface area contributed by atoms with Gasteiger partial charge in [0, 0.05) is 39.3 Å². The molecule has 3 rings (SSSR count). The molecule has 1 unspecified atom stereocenters. The van der Waals surface area contributed by atoms with E-state index in [2.05, 4.69) is 17.0 Å². The lowest BCUT2D eigenvalue weighted by Gasteiger charge is -2.41. The summed E-state index contributed by atoms with van der Waals surface area (Å²) in [4.78, 5) is 43.2. The van der Waals surface area contributed by atoms with Crippen molar-refractivity contribution in [2.45, 2.75) is 38.8 Å². The number of likely N-dealkylation sites (tertiary alicyclic amines) is 1. The highest BCUT2D eigenvalue weighted by atomic mass is 16.5. The zero-order valence-corrected chi connectivity index (χ0v) is 16.5. The van der Waals surface area contributed by atoms with E-state index >= 15 is 0 Å². The molecule has 28 heavy (non-hydrogen) atoms. The van der Waals surface area contributed by atoms with Crippen LogP contribution in [0.2, 0.25) is 0 Å². The molecule has 0 aliphatic carbocycles. The van der Waals surface area contributed by atoms with Gasteiger partial charge in [-0.2, -0.15) is 0 Å². The van der Waals surface area contributed by atoms with Crippen molar-refractivity contribution in [1.29, 1.82) is 0 Å². The molecule has 0 saturated carbocycles. The largest absolute Gasteiger partial charge is 0.466 e. The van der Waals surface area contributed by atoms with E-state index in [0.29, 0.717) is 19.6 Å². The fraction of sp³-hybridized carbons (Fsp3) is 0.571. The van der Waals surface area contributed by atoms with Crippen molar-refractivity contribution >= 4 is 17.8 Å². The van der Waals surface area contributed by atoms with Crippen LogP contribution in [0, 0.1) is 0 Å². The minimum absolute atomic E-state index is 0.00697. The molecule has 2 heterocycles. The van der Waals surface area contributed by atoms with Gasteiger partial charge in [-0.15, -0.1) is 0 Å². The number of esters is 1. The molecule has 2 aliphatic rings. The molecule has 0 aromatic heterocycles. The Bertz CT molecular complexity index is 688. The van der Waals surface area contributed by atoms with Gasteiger partial charge in [0.25, 0.3) is 0 Å². The van der Waals surface area contributed by atoms with Gasteiger partial charge in [0.15, 0.2) is 0 Å². The fourth-order valence-corrected chi connectivity index (χ4v) is 3.92. The van der Waals surface area contributed by atoms with Crippen molar-refractivity contribution in [2.24, 2.45) is 0 Å². The van der Waals surface area contributed by atoms with Gasteiger partial charge >= 0.3 is 5.97 Å². The number of ether oxygens (including phenoxy) is 1. The smallest absolute Gasteiger partial charge is 0.315 e. The minimum atomic E-state index is -0.544. The first-order valence-corrected chi connectivity index (χ1v) is 10.1. The quantitative estimate of drug-likeness (QED) is 0.543. The summed E-state index contributed by atoms with van der Waals surface area (Å²) in [5.74, 6) is -0.866. The number of carbonyl (C=O) groups excluding carboxylic acids is 3. The van der Waals surface area contributed by atoms with Gasteiger partial charge in [-0.05, 0) is 25.3 Å². The summed E-state index contributed by atoms with van der Waals surface area (Å²) >= 11 is 0. The maximum Gasteiger partial charge on any atom is 0.315 e. The Morgan fingerprint density at radius 3 is 2.43 bits per heavy atom. The topological polar surface area (TPSA) is 70.2 Å². The van der Waals surface area contributed by atoms with Crippen LogP contribution in [0.1, 0.15) is 31.7 Å². The predicted octanol–water partition coefficient (Wildman–Crippen LogP) is 1.27. The van der Waals surface area contributed by atoms with E-state index in [1.807, 2.05) is 23.1 Å². The maximum absolute atomic E-state index is 13.1. The van der Waals surface area contributed by atoms with Crippen molar-refractivity contribution in [3.63, 3.8) is 0 Å². The first kappa shape index (κ1) is 20.3. The Morgan fingerprint density at radius 2 is 1.75 bits per heavy atom. The zero-order chi connectivity index (χ0) is 19.9. The van der Waals surface area contributed by atoms with Crippen LogP contribution < -0.4 is 0 Å². The van der Waals surface area contributed by atoms with Crippen LogP contribution in [-0.4, -0.2) is 77.9 Å². The molecule has 152 valence electrons. The second kappa shape index (κ2) is 9.68. The lowest BCUT2D eigenvalue weighted by Crippen LogP contribution is -2.60. The maximum atomic E-state index is 13.1. The van der Waals surface area contributed by atoms with Gasteiger partial charge in [-0.25, -0.2) is 0 Å². The molecule has 2 aliphatic heterocycles. The van der Waals surface area contributed by atoms with E-state index in [9.17, 15) is 14.4 Å². The third kappa shape index (κ3) is 5.10. The molecular formula is C21H29N3O4. The van der Waals surface area contributed by atoms with Crippen LogP contribution in [0.3, 0.4) is 0 Å². The summed E-state index contributed by atoms with van der Waals surface area (Å²) in [6.07, 6.45) is 1.70. The summed E-state index contributed by atoms with van der Waals surface area (Å²) in [6, 6.07) is 9.57. The molecule has 0 spiro atoms. The highest BCUT2D eigenvalue weighted by molar-refractivity contribution is 5.97. The van der Waals surface area contributed by atoms with Crippen LogP contribution in [-0.2, 0) is 25.7 Å². The number of benzene rings is 1. The molecule has 0 N–H and O–H groups in total. The van der Waals surface area contributed by atoms with Crippen molar-refractivity contribution in [2.75, 3.05) is 39.3 Å². The second-order valence-corrected chi connectivity index (χ2v) is 7.34. The number of piperazine rings is 1. The molecule has 7 nitrogen and oxygen atoms in total. The van der Waals surface area contributed by atoms with E-state index in [0.717, 1.165) is 32.5 Å². The van der Waals surface area contributed by atoms with Crippen LogP contribution in [0.15, 0.2) is 30.3 Å². The van der Waals surface area contributed by atoms with Crippen LogP contribution in [0.4, 0.5) is 0 Å². The Balaban J connectivity index is 1.70. The molecule has 2 amide bonds. The van der Waals surface area contributed by atoms with Gasteiger partial charge in [0.05, 0.1) is 6.61 Å². The van der Waals surface area contributed by atoms with Crippen LogP contribution >= 0.6 is 0 Å². The highest BCUT2D eigenvalue weighted by Crippen LogP contribution is 2.19. The Kier molecular flexibility index (Phi) is 7.03. The Labute approximate surface area is 166 Å². The number of carbonyl (C=O) groups is 3. The van der Waals surface area contributed by atoms with Crippen molar-refractivity contribution in [3.8, 4) is 0 Å². The molecule has 0 radical (unpaired) electrons. The zero-order valence-electron chi connectivity index (χ0n) is 16.5. The molecular weight excluding hydrogens is 358 g/mol. The minimum Gasteiger partial charge on any atom is -0.466 e. The Hall–Kier alpha value is -2.41. The number of hydrogen-bond donors (Lipinski definition) is 0. The fourth-order valence-electron chi connectivity index (χ4n) is 3.92. The molecule has 1 aromatic carbocycles. The second-order valence-electron chi connectivity index (χ2n) is 7.34. The third-order valence-corrected chi connectivity index (χ3v) is 5.34. The highest BCUT2D eigenvalue weighted by Gasteiger charge is 2.38. The third-order valence-electron chi connectivity index (χ3n) is 5.34. The molecule has 2 fully saturated rings. The standard InChI is InChI=1S/C21H29N3O4/c1-2-28-20(26)14-19(25)24-13-12-22(15-17-8-4-3-5-9-17)16-18(24)21(27)23-10-6-7-11-23/h3-5,8-9,18H,2,6-7,10-16H2,1H3. The number of hydrogen-bond acceptors (Lipinski definition) is 5. The van der Waals surface area contributed by atoms with Crippen molar-refractivity contribution < 1.29 is 19.1 Å². The average molecular weight is 387 g/mol.